The number of halogens is 8. The Morgan fingerprint density at radius 2 is 1.55 bits per heavy atom. The van der Waals surface area contributed by atoms with Crippen molar-refractivity contribution in [2.24, 2.45) is 0 Å². The summed E-state index contributed by atoms with van der Waals surface area (Å²) in [4.78, 5) is 26.1. The number of carbonyl (C=O) groups is 2. The number of carbonyl (C=O) groups excluding carboxylic acids is 2. The molecule has 38 heavy (non-hydrogen) atoms. The number of nitrogens with zero attached hydrogens (tertiary/aromatic N) is 1. The van der Waals surface area contributed by atoms with Crippen LogP contribution < -0.4 is 0 Å². The minimum absolute atomic E-state index is 0.0993. The molecule has 2 aromatic carbocycles. The van der Waals surface area contributed by atoms with Gasteiger partial charge in [-0.15, -0.1) is 0 Å². The molecule has 0 saturated heterocycles. The molecule has 0 radical (unpaired) electrons. The van der Waals surface area contributed by atoms with Gasteiger partial charge in [0.05, 0.1) is 12.0 Å². The van der Waals surface area contributed by atoms with Crippen LogP contribution in [0.25, 0.3) is 0 Å². The van der Waals surface area contributed by atoms with Crippen molar-refractivity contribution < 1.29 is 49.5 Å². The molecule has 0 spiro atoms. The second-order valence-corrected chi connectivity index (χ2v) is 12.5. The first kappa shape index (κ1) is 32.2. The van der Waals surface area contributed by atoms with Crippen molar-refractivity contribution >= 4 is 53.4 Å². The third-order valence-electron chi connectivity index (χ3n) is 5.58. The van der Waals surface area contributed by atoms with E-state index in [0.29, 0.717) is 17.7 Å². The second kappa shape index (κ2) is 11.6. The summed E-state index contributed by atoms with van der Waals surface area (Å²) in [7, 11) is -2.24. The first-order valence-corrected chi connectivity index (χ1v) is 14.0. The summed E-state index contributed by atoms with van der Waals surface area (Å²) < 4.78 is 105. The molecule has 0 heterocycles. The van der Waals surface area contributed by atoms with Gasteiger partial charge >= 0.3 is 12.4 Å². The van der Waals surface area contributed by atoms with Gasteiger partial charge in [0.15, 0.2) is 21.2 Å². The summed E-state index contributed by atoms with van der Waals surface area (Å²) in [5.41, 5.74) is -6.46. The predicted molar refractivity (Wildman–Crippen MR) is 133 cm³/mol. The average Bonchev–Trinajstić information content (AvgIpc) is 2.78. The van der Waals surface area contributed by atoms with Gasteiger partial charge in [-0.2, -0.15) is 26.3 Å². The Morgan fingerprint density at radius 1 is 0.974 bits per heavy atom. The molecule has 0 bridgehead atoms. The van der Waals surface area contributed by atoms with E-state index in [0.717, 1.165) is 17.0 Å². The molecular formula is C23H21Br2F6NO5S. The van der Waals surface area contributed by atoms with Gasteiger partial charge in [0, 0.05) is 33.9 Å². The molecule has 0 saturated carbocycles. The molecule has 0 fully saturated rings. The summed E-state index contributed by atoms with van der Waals surface area (Å²) in [6.45, 7) is 1.29. The number of Topliss-reactive ketones (excluding diaryl/α,β-unsaturated/α-hetero) is 1. The van der Waals surface area contributed by atoms with Crippen LogP contribution in [0.3, 0.4) is 0 Å². The zero-order chi connectivity index (χ0) is 29.3. The van der Waals surface area contributed by atoms with Crippen molar-refractivity contribution in [1.29, 1.82) is 0 Å². The fourth-order valence-corrected chi connectivity index (χ4v) is 5.08. The van der Waals surface area contributed by atoms with Gasteiger partial charge in [0.1, 0.15) is 5.75 Å². The van der Waals surface area contributed by atoms with Gasteiger partial charge in [-0.3, -0.25) is 9.59 Å². The molecule has 1 unspecified atom stereocenters. The molecule has 1 N–H and O–H groups in total. The third kappa shape index (κ3) is 7.79. The van der Waals surface area contributed by atoms with Gasteiger partial charge in [-0.25, -0.2) is 8.42 Å². The number of ketones is 1. The van der Waals surface area contributed by atoms with Gasteiger partial charge < -0.3 is 10.0 Å². The summed E-state index contributed by atoms with van der Waals surface area (Å²) in [6, 6.07) is 4.90. The van der Waals surface area contributed by atoms with E-state index in [-0.39, 0.29) is 32.9 Å². The Kier molecular flexibility index (Phi) is 9.88. The highest BCUT2D eigenvalue weighted by Crippen LogP contribution is 2.45. The molecule has 1 amide bonds. The number of hydrogen-bond donors (Lipinski definition) is 1. The third-order valence-corrected chi connectivity index (χ3v) is 8.34. The van der Waals surface area contributed by atoms with E-state index in [4.69, 9.17) is 0 Å². The Hall–Kier alpha value is -1.97. The number of rotatable bonds is 9. The number of sulfone groups is 1. The van der Waals surface area contributed by atoms with E-state index in [1.165, 1.54) is 20.0 Å². The van der Waals surface area contributed by atoms with Crippen LogP contribution in [0.1, 0.15) is 40.4 Å². The maximum Gasteiger partial charge on any atom is 0.421 e. The quantitative estimate of drug-likeness (QED) is 0.271. The fraction of sp³-hybridized carbons (Fsp3) is 0.391. The standard InChI is InChI=1S/C23H21Br2F6NO5S/c1-3-38(36,37)12-20(34)32(2)11-14-5-4-13(6-18(14)25)19(33)10-21(35,23(29,30)31)15-7-16(22(26,27)28)9-17(24)8-15/h4-9,35H,3,10-12H2,1-2H3. The summed E-state index contributed by atoms with van der Waals surface area (Å²) in [5.74, 6) is -2.85. The lowest BCUT2D eigenvalue weighted by molar-refractivity contribution is -0.265. The van der Waals surface area contributed by atoms with E-state index in [2.05, 4.69) is 31.9 Å². The molecule has 2 aromatic rings. The van der Waals surface area contributed by atoms with E-state index in [1.54, 1.807) is 0 Å². The SMILES string of the molecule is CCS(=O)(=O)CC(=O)N(C)Cc1ccc(C(=O)CC(O)(c2cc(Br)cc(C(F)(F)F)c2)C(F)(F)F)cc1Br. The van der Waals surface area contributed by atoms with Crippen LogP contribution in [-0.4, -0.2) is 54.8 Å². The maximum atomic E-state index is 13.9. The highest BCUT2D eigenvalue weighted by molar-refractivity contribution is 9.10. The Labute approximate surface area is 231 Å². The number of benzene rings is 2. The second-order valence-electron chi connectivity index (χ2n) is 8.42. The first-order valence-electron chi connectivity index (χ1n) is 10.6. The number of amides is 1. The summed E-state index contributed by atoms with van der Waals surface area (Å²) in [5, 5.41) is 10.5. The van der Waals surface area contributed by atoms with Crippen LogP contribution in [0.4, 0.5) is 26.3 Å². The molecule has 0 aliphatic rings. The monoisotopic (exact) mass is 695 g/mol. The van der Waals surface area contributed by atoms with E-state index < -0.39 is 62.8 Å². The fourth-order valence-electron chi connectivity index (χ4n) is 3.29. The maximum absolute atomic E-state index is 13.9. The van der Waals surface area contributed by atoms with Crippen molar-refractivity contribution in [2.75, 3.05) is 18.6 Å². The predicted octanol–water partition coefficient (Wildman–Crippen LogP) is 5.65. The smallest absolute Gasteiger partial charge is 0.376 e. The molecule has 0 aliphatic heterocycles. The Morgan fingerprint density at radius 3 is 2.05 bits per heavy atom. The zero-order valence-electron chi connectivity index (χ0n) is 19.8. The largest absolute Gasteiger partial charge is 0.421 e. The van der Waals surface area contributed by atoms with Gasteiger partial charge in [-0.1, -0.05) is 50.9 Å². The van der Waals surface area contributed by atoms with Crippen molar-refractivity contribution in [3.8, 4) is 0 Å². The summed E-state index contributed by atoms with van der Waals surface area (Å²) >= 11 is 5.86. The van der Waals surface area contributed by atoms with Crippen LogP contribution >= 0.6 is 31.9 Å². The molecule has 210 valence electrons. The first-order chi connectivity index (χ1) is 17.2. The van der Waals surface area contributed by atoms with Gasteiger partial charge in [-0.05, 0) is 35.4 Å². The van der Waals surface area contributed by atoms with Crippen LogP contribution in [0.2, 0.25) is 0 Å². The highest BCUT2D eigenvalue weighted by atomic mass is 79.9. The van der Waals surface area contributed by atoms with Crippen molar-refractivity contribution in [3.05, 3.63) is 67.6 Å². The van der Waals surface area contributed by atoms with Gasteiger partial charge in [0.25, 0.3) is 0 Å². The number of aliphatic hydroxyl groups is 1. The molecule has 2 rings (SSSR count). The van der Waals surface area contributed by atoms with Crippen molar-refractivity contribution in [2.45, 2.75) is 37.8 Å². The Bertz CT molecular complexity index is 1330. The Balaban J connectivity index is 2.35. The minimum atomic E-state index is -5.51. The lowest BCUT2D eigenvalue weighted by atomic mass is 9.85. The van der Waals surface area contributed by atoms with Crippen molar-refractivity contribution in [3.63, 3.8) is 0 Å². The van der Waals surface area contributed by atoms with Crippen LogP contribution in [-0.2, 0) is 33.0 Å². The van der Waals surface area contributed by atoms with E-state index in [1.807, 2.05) is 0 Å². The summed E-state index contributed by atoms with van der Waals surface area (Å²) in [6.07, 6.45) is -12.1. The van der Waals surface area contributed by atoms with E-state index >= 15 is 0 Å². The number of hydrogen-bond acceptors (Lipinski definition) is 5. The average molecular weight is 697 g/mol. The van der Waals surface area contributed by atoms with Crippen LogP contribution in [0, 0.1) is 0 Å². The van der Waals surface area contributed by atoms with Gasteiger partial charge in [0.2, 0.25) is 5.91 Å². The molecule has 0 aromatic heterocycles. The molecule has 15 heteroatoms. The minimum Gasteiger partial charge on any atom is -0.376 e. The molecule has 1 atom stereocenters. The van der Waals surface area contributed by atoms with Crippen molar-refractivity contribution in [1.82, 2.24) is 4.90 Å². The normalized spacial score (nSPS) is 14.2. The zero-order valence-corrected chi connectivity index (χ0v) is 23.7. The van der Waals surface area contributed by atoms with Crippen LogP contribution in [0.5, 0.6) is 0 Å². The van der Waals surface area contributed by atoms with Crippen LogP contribution in [0.15, 0.2) is 45.3 Å². The van der Waals surface area contributed by atoms with E-state index in [9.17, 15) is 49.5 Å². The molecule has 6 nitrogen and oxygen atoms in total. The topological polar surface area (TPSA) is 91.8 Å². The lowest BCUT2D eigenvalue weighted by Gasteiger charge is -2.31. The highest BCUT2D eigenvalue weighted by Gasteiger charge is 2.56. The molecule has 0 aliphatic carbocycles. The number of alkyl halides is 6. The molecular weight excluding hydrogens is 676 g/mol. The lowest BCUT2D eigenvalue weighted by Crippen LogP contribution is -2.44.